The van der Waals surface area contributed by atoms with Crippen LogP contribution in [-0.2, 0) is 16.6 Å². The lowest BCUT2D eigenvalue weighted by Gasteiger charge is -2.21. The first kappa shape index (κ1) is 13.2. The molecular weight excluding hydrogens is 228 g/mol. The summed E-state index contributed by atoms with van der Waals surface area (Å²) in [6.07, 6.45) is 0.750. The Morgan fingerprint density at radius 2 is 2.12 bits per heavy atom. The molecule has 0 saturated heterocycles. The number of nitrogens with zero attached hydrogens (tertiary/aromatic N) is 1. The lowest BCUT2D eigenvalue weighted by Crippen LogP contribution is -2.34. The zero-order chi connectivity index (χ0) is 12.3. The second-order valence-corrected chi connectivity index (χ2v) is 5.63. The van der Waals surface area contributed by atoms with E-state index in [0.717, 1.165) is 6.42 Å². The number of rotatable bonds is 5. The van der Waals surface area contributed by atoms with Crippen LogP contribution in [0.3, 0.4) is 0 Å². The van der Waals surface area contributed by atoms with Gasteiger partial charge in [-0.3, -0.25) is 0 Å². The molecule has 1 unspecified atom stereocenters. The van der Waals surface area contributed by atoms with Gasteiger partial charge in [0.1, 0.15) is 5.76 Å². The van der Waals surface area contributed by atoms with Crippen molar-refractivity contribution in [1.29, 1.82) is 0 Å². The van der Waals surface area contributed by atoms with Gasteiger partial charge in [-0.2, -0.15) is 4.31 Å². The van der Waals surface area contributed by atoms with Gasteiger partial charge in [0.15, 0.2) is 0 Å². The molecule has 0 aliphatic rings. The molecule has 0 fully saturated rings. The fourth-order valence-corrected chi connectivity index (χ4v) is 2.60. The third kappa shape index (κ3) is 2.45. The average Bonchev–Trinajstić information content (AvgIpc) is 2.75. The second kappa shape index (κ2) is 4.99. The Bertz CT molecular complexity index is 439. The molecule has 1 heterocycles. The standard InChI is InChI=1S/C10H18N2O3S/c1-4-8(2)12(3)16(13,14)10-6-5-9(7-11)15-10/h5-6,8H,4,7,11H2,1-3H3. The van der Waals surface area contributed by atoms with Crippen LogP contribution in [0, 0.1) is 0 Å². The minimum absolute atomic E-state index is 0.0456. The van der Waals surface area contributed by atoms with E-state index in [0.29, 0.717) is 5.76 Å². The van der Waals surface area contributed by atoms with Crippen LogP contribution in [0.25, 0.3) is 0 Å². The molecule has 6 heteroatoms. The first-order valence-corrected chi connectivity index (χ1v) is 6.64. The van der Waals surface area contributed by atoms with Crippen molar-refractivity contribution in [2.45, 2.75) is 37.9 Å². The molecule has 2 N–H and O–H groups in total. The predicted molar refractivity (Wildman–Crippen MR) is 61.3 cm³/mol. The zero-order valence-electron chi connectivity index (χ0n) is 9.80. The first-order chi connectivity index (χ1) is 7.43. The molecule has 1 aromatic heterocycles. The summed E-state index contributed by atoms with van der Waals surface area (Å²) in [7, 11) is -1.98. The molecular formula is C10H18N2O3S. The maximum Gasteiger partial charge on any atom is 0.276 e. The highest BCUT2D eigenvalue weighted by Crippen LogP contribution is 2.19. The average molecular weight is 246 g/mol. The Hall–Kier alpha value is -0.850. The highest BCUT2D eigenvalue weighted by atomic mass is 32.2. The van der Waals surface area contributed by atoms with Crippen molar-refractivity contribution in [3.05, 3.63) is 17.9 Å². The minimum atomic E-state index is -3.53. The van der Waals surface area contributed by atoms with Crippen LogP contribution in [-0.4, -0.2) is 25.8 Å². The first-order valence-electron chi connectivity index (χ1n) is 5.20. The molecule has 5 nitrogen and oxygen atoms in total. The normalized spacial score (nSPS) is 14.3. The molecule has 1 aromatic rings. The van der Waals surface area contributed by atoms with E-state index in [-0.39, 0.29) is 17.7 Å². The SMILES string of the molecule is CCC(C)N(C)S(=O)(=O)c1ccc(CN)o1. The lowest BCUT2D eigenvalue weighted by molar-refractivity contribution is 0.351. The van der Waals surface area contributed by atoms with Gasteiger partial charge in [0.2, 0.25) is 5.09 Å². The molecule has 92 valence electrons. The highest BCUT2D eigenvalue weighted by molar-refractivity contribution is 7.89. The smallest absolute Gasteiger partial charge is 0.276 e. The van der Waals surface area contributed by atoms with Gasteiger partial charge in [0.25, 0.3) is 10.0 Å². The Kier molecular flexibility index (Phi) is 4.12. The van der Waals surface area contributed by atoms with Gasteiger partial charge < -0.3 is 10.2 Å². The number of nitrogens with two attached hydrogens (primary N) is 1. The number of furan rings is 1. The van der Waals surface area contributed by atoms with E-state index in [1.807, 2.05) is 13.8 Å². The zero-order valence-corrected chi connectivity index (χ0v) is 10.6. The molecule has 16 heavy (non-hydrogen) atoms. The summed E-state index contributed by atoms with van der Waals surface area (Å²) in [5.74, 6) is 0.469. The topological polar surface area (TPSA) is 76.5 Å². The molecule has 0 aliphatic heterocycles. The van der Waals surface area contributed by atoms with E-state index in [4.69, 9.17) is 10.2 Å². The predicted octanol–water partition coefficient (Wildman–Crippen LogP) is 1.16. The van der Waals surface area contributed by atoms with E-state index >= 15 is 0 Å². The van der Waals surface area contributed by atoms with Crippen molar-refractivity contribution in [2.75, 3.05) is 7.05 Å². The largest absolute Gasteiger partial charge is 0.447 e. The maximum absolute atomic E-state index is 12.1. The maximum atomic E-state index is 12.1. The van der Waals surface area contributed by atoms with Crippen LogP contribution in [0.2, 0.25) is 0 Å². The highest BCUT2D eigenvalue weighted by Gasteiger charge is 2.27. The van der Waals surface area contributed by atoms with Crippen molar-refractivity contribution < 1.29 is 12.8 Å². The number of hydrogen-bond donors (Lipinski definition) is 1. The van der Waals surface area contributed by atoms with Gasteiger partial charge in [-0.05, 0) is 25.5 Å². The summed E-state index contributed by atoms with van der Waals surface area (Å²) >= 11 is 0. The summed E-state index contributed by atoms with van der Waals surface area (Å²) in [4.78, 5) is 0. The van der Waals surface area contributed by atoms with Gasteiger partial charge >= 0.3 is 0 Å². The molecule has 0 saturated carbocycles. The molecule has 0 spiro atoms. The Labute approximate surface area is 96.3 Å². The van der Waals surface area contributed by atoms with Crippen LogP contribution < -0.4 is 5.73 Å². The minimum Gasteiger partial charge on any atom is -0.447 e. The van der Waals surface area contributed by atoms with E-state index in [1.54, 1.807) is 13.1 Å². The molecule has 1 rings (SSSR count). The molecule has 0 aromatic carbocycles. The molecule has 0 aliphatic carbocycles. The molecule has 0 radical (unpaired) electrons. The summed E-state index contributed by atoms with van der Waals surface area (Å²) in [5, 5.41) is -0.0456. The quantitative estimate of drug-likeness (QED) is 0.845. The van der Waals surface area contributed by atoms with Gasteiger partial charge in [0, 0.05) is 13.1 Å². The number of hydrogen-bond acceptors (Lipinski definition) is 4. The van der Waals surface area contributed by atoms with Crippen LogP contribution in [0.5, 0.6) is 0 Å². The van der Waals surface area contributed by atoms with Crippen LogP contribution >= 0.6 is 0 Å². The molecule has 1 atom stereocenters. The summed E-state index contributed by atoms with van der Waals surface area (Å²) in [6, 6.07) is 2.96. The fraction of sp³-hybridized carbons (Fsp3) is 0.600. The van der Waals surface area contributed by atoms with Crippen LogP contribution in [0.4, 0.5) is 0 Å². The number of sulfonamides is 1. The van der Waals surface area contributed by atoms with E-state index < -0.39 is 10.0 Å². The Morgan fingerprint density at radius 1 is 1.50 bits per heavy atom. The van der Waals surface area contributed by atoms with Crippen LogP contribution in [0.1, 0.15) is 26.0 Å². The van der Waals surface area contributed by atoms with Gasteiger partial charge in [-0.15, -0.1) is 0 Å². The third-order valence-electron chi connectivity index (χ3n) is 2.68. The van der Waals surface area contributed by atoms with E-state index in [1.165, 1.54) is 10.4 Å². The Balaban J connectivity index is 3.01. The third-order valence-corrected chi connectivity index (χ3v) is 4.53. The Morgan fingerprint density at radius 3 is 2.56 bits per heavy atom. The fourth-order valence-electron chi connectivity index (χ4n) is 1.24. The summed E-state index contributed by atoms with van der Waals surface area (Å²) in [6.45, 7) is 3.98. The van der Waals surface area contributed by atoms with Crippen molar-refractivity contribution in [3.8, 4) is 0 Å². The van der Waals surface area contributed by atoms with E-state index in [2.05, 4.69) is 0 Å². The van der Waals surface area contributed by atoms with Gasteiger partial charge in [-0.25, -0.2) is 8.42 Å². The van der Waals surface area contributed by atoms with E-state index in [9.17, 15) is 8.42 Å². The van der Waals surface area contributed by atoms with Gasteiger partial charge in [0.05, 0.1) is 6.54 Å². The molecule has 0 bridgehead atoms. The van der Waals surface area contributed by atoms with Crippen molar-refractivity contribution in [3.63, 3.8) is 0 Å². The van der Waals surface area contributed by atoms with Crippen LogP contribution in [0.15, 0.2) is 21.6 Å². The summed E-state index contributed by atoms with van der Waals surface area (Å²) in [5.41, 5.74) is 5.37. The second-order valence-electron chi connectivity index (χ2n) is 3.70. The lowest BCUT2D eigenvalue weighted by atomic mass is 10.3. The van der Waals surface area contributed by atoms with Gasteiger partial charge in [-0.1, -0.05) is 6.92 Å². The monoisotopic (exact) mass is 246 g/mol. The van der Waals surface area contributed by atoms with Crippen molar-refractivity contribution >= 4 is 10.0 Å². The molecule has 0 amide bonds. The van der Waals surface area contributed by atoms with Crippen molar-refractivity contribution in [1.82, 2.24) is 4.31 Å². The summed E-state index contributed by atoms with van der Waals surface area (Å²) < 4.78 is 30.6. The van der Waals surface area contributed by atoms with Crippen molar-refractivity contribution in [2.24, 2.45) is 5.73 Å².